The number of unbranched alkanes of at least 4 members (excludes halogenated alkanes) is 3. The predicted octanol–water partition coefficient (Wildman–Crippen LogP) is 6.66. The molecular weight excluding hydrogens is 336 g/mol. The number of hydrogen-bond donors (Lipinski definition) is 0. The minimum atomic E-state index is -0.245. The van der Waals surface area contributed by atoms with Crippen LogP contribution in [0.15, 0.2) is 48.5 Å². The predicted molar refractivity (Wildman–Crippen MR) is 111 cm³/mol. The zero-order valence-corrected chi connectivity index (χ0v) is 16.9. The minimum Gasteiger partial charge on any atom is -0.494 e. The van der Waals surface area contributed by atoms with Crippen molar-refractivity contribution in [2.45, 2.75) is 65.4 Å². The van der Waals surface area contributed by atoms with Crippen LogP contribution in [0, 0.1) is 0 Å². The molecule has 2 aromatic rings. The fourth-order valence-electron chi connectivity index (χ4n) is 2.87. The third-order valence-electron chi connectivity index (χ3n) is 4.60. The van der Waals surface area contributed by atoms with Gasteiger partial charge in [0.1, 0.15) is 5.75 Å². The van der Waals surface area contributed by atoms with Crippen molar-refractivity contribution in [1.29, 1.82) is 0 Å². The Morgan fingerprint density at radius 2 is 1.44 bits per heavy atom. The van der Waals surface area contributed by atoms with Crippen molar-refractivity contribution >= 4 is 5.97 Å². The van der Waals surface area contributed by atoms with E-state index in [0.29, 0.717) is 5.56 Å². The summed E-state index contributed by atoms with van der Waals surface area (Å²) in [6.07, 6.45) is 6.53. The maximum absolute atomic E-state index is 12.3. The summed E-state index contributed by atoms with van der Waals surface area (Å²) in [4.78, 5) is 12.3. The van der Waals surface area contributed by atoms with Crippen molar-refractivity contribution in [1.82, 2.24) is 0 Å². The molecule has 0 amide bonds. The second kappa shape index (κ2) is 11.4. The van der Waals surface area contributed by atoms with Crippen molar-refractivity contribution in [3.05, 3.63) is 54.1 Å². The van der Waals surface area contributed by atoms with E-state index in [0.717, 1.165) is 49.2 Å². The quantitative estimate of drug-likeness (QED) is 0.329. The van der Waals surface area contributed by atoms with Gasteiger partial charge in [-0.05, 0) is 61.6 Å². The molecule has 0 aromatic heterocycles. The lowest BCUT2D eigenvalue weighted by Gasteiger charge is -2.13. The van der Waals surface area contributed by atoms with Crippen molar-refractivity contribution < 1.29 is 14.3 Å². The first-order valence-corrected chi connectivity index (χ1v) is 10.2. The Bertz CT molecular complexity index is 674. The topological polar surface area (TPSA) is 35.5 Å². The van der Waals surface area contributed by atoms with Crippen LogP contribution in [0.5, 0.6) is 5.75 Å². The Kier molecular flexibility index (Phi) is 8.90. The molecule has 0 radical (unpaired) electrons. The molecule has 0 N–H and O–H groups in total. The summed E-state index contributed by atoms with van der Waals surface area (Å²) in [5, 5.41) is 0. The smallest absolute Gasteiger partial charge is 0.338 e. The van der Waals surface area contributed by atoms with Gasteiger partial charge in [0.25, 0.3) is 0 Å². The van der Waals surface area contributed by atoms with E-state index in [-0.39, 0.29) is 12.1 Å². The summed E-state index contributed by atoms with van der Waals surface area (Å²) in [5.74, 6) is 0.648. The fraction of sp³-hybridized carbons (Fsp3) is 0.458. The summed E-state index contributed by atoms with van der Waals surface area (Å²) in [7, 11) is 0. The molecule has 2 rings (SSSR count). The highest BCUT2D eigenvalue weighted by Crippen LogP contribution is 2.23. The van der Waals surface area contributed by atoms with E-state index in [1.807, 2.05) is 55.5 Å². The van der Waals surface area contributed by atoms with Gasteiger partial charge in [-0.25, -0.2) is 4.79 Å². The summed E-state index contributed by atoms with van der Waals surface area (Å²) in [5.41, 5.74) is 2.77. The number of rotatable bonds is 11. The number of carbonyl (C=O) groups excluding carboxylic acids is 1. The molecular formula is C24H32O3. The molecule has 27 heavy (non-hydrogen) atoms. The van der Waals surface area contributed by atoms with Gasteiger partial charge in [0.05, 0.1) is 18.3 Å². The molecule has 0 aliphatic heterocycles. The van der Waals surface area contributed by atoms with Crippen LogP contribution in [0.1, 0.15) is 69.7 Å². The van der Waals surface area contributed by atoms with Crippen LogP contribution >= 0.6 is 0 Å². The van der Waals surface area contributed by atoms with Crippen molar-refractivity contribution in [2.24, 2.45) is 0 Å². The van der Waals surface area contributed by atoms with Gasteiger partial charge in [-0.1, -0.05) is 57.4 Å². The summed E-state index contributed by atoms with van der Waals surface area (Å²) in [6, 6.07) is 15.7. The molecule has 0 heterocycles. The van der Waals surface area contributed by atoms with E-state index in [9.17, 15) is 4.79 Å². The molecule has 0 saturated heterocycles. The lowest BCUT2D eigenvalue weighted by molar-refractivity contribution is 0.0319. The van der Waals surface area contributed by atoms with Crippen LogP contribution < -0.4 is 4.74 Å². The van der Waals surface area contributed by atoms with Crippen LogP contribution in [0.4, 0.5) is 0 Å². The zero-order valence-electron chi connectivity index (χ0n) is 16.9. The lowest BCUT2D eigenvalue weighted by Crippen LogP contribution is -2.14. The maximum atomic E-state index is 12.3. The minimum absolute atomic E-state index is 0.0380. The first kappa shape index (κ1) is 21.0. The van der Waals surface area contributed by atoms with E-state index in [1.165, 1.54) is 12.8 Å². The lowest BCUT2D eigenvalue weighted by atomic mass is 10.0. The van der Waals surface area contributed by atoms with E-state index in [1.54, 1.807) is 0 Å². The van der Waals surface area contributed by atoms with E-state index >= 15 is 0 Å². The average molecular weight is 369 g/mol. The molecule has 2 aromatic carbocycles. The van der Waals surface area contributed by atoms with Crippen LogP contribution in [-0.2, 0) is 4.74 Å². The zero-order chi connectivity index (χ0) is 19.5. The Balaban J connectivity index is 1.91. The molecule has 1 atom stereocenters. The van der Waals surface area contributed by atoms with E-state index in [4.69, 9.17) is 9.47 Å². The number of carbonyl (C=O) groups is 1. The van der Waals surface area contributed by atoms with Gasteiger partial charge < -0.3 is 9.47 Å². The van der Waals surface area contributed by atoms with Gasteiger partial charge in [-0.2, -0.15) is 0 Å². The molecule has 0 bridgehead atoms. The molecule has 146 valence electrons. The largest absolute Gasteiger partial charge is 0.494 e. The average Bonchev–Trinajstić information content (AvgIpc) is 2.69. The van der Waals surface area contributed by atoms with Gasteiger partial charge >= 0.3 is 5.97 Å². The molecule has 1 unspecified atom stereocenters. The second-order valence-corrected chi connectivity index (χ2v) is 7.02. The number of benzene rings is 2. The molecule has 0 fully saturated rings. The number of ether oxygens (including phenoxy) is 2. The molecule has 0 spiro atoms. The summed E-state index contributed by atoms with van der Waals surface area (Å²) in [6.45, 7) is 7.04. The molecule has 3 nitrogen and oxygen atoms in total. The van der Waals surface area contributed by atoms with Crippen molar-refractivity contribution in [3.63, 3.8) is 0 Å². The Morgan fingerprint density at radius 1 is 0.852 bits per heavy atom. The Morgan fingerprint density at radius 3 is 2.04 bits per heavy atom. The first-order valence-electron chi connectivity index (χ1n) is 10.2. The van der Waals surface area contributed by atoms with Gasteiger partial charge in [-0.15, -0.1) is 0 Å². The van der Waals surface area contributed by atoms with Crippen molar-refractivity contribution in [2.75, 3.05) is 6.61 Å². The molecule has 0 aliphatic carbocycles. The third-order valence-corrected chi connectivity index (χ3v) is 4.60. The normalized spacial score (nSPS) is 11.8. The first-order chi connectivity index (χ1) is 13.1. The van der Waals surface area contributed by atoms with Gasteiger partial charge in [-0.3, -0.25) is 0 Å². The van der Waals surface area contributed by atoms with Gasteiger partial charge in [0.15, 0.2) is 0 Å². The van der Waals surface area contributed by atoms with Crippen LogP contribution in [0.2, 0.25) is 0 Å². The molecule has 0 saturated carbocycles. The van der Waals surface area contributed by atoms with E-state index in [2.05, 4.69) is 13.8 Å². The number of esters is 1. The highest BCUT2D eigenvalue weighted by Gasteiger charge is 2.12. The second-order valence-electron chi connectivity index (χ2n) is 7.02. The van der Waals surface area contributed by atoms with E-state index < -0.39 is 0 Å². The Hall–Kier alpha value is -2.29. The third kappa shape index (κ3) is 7.09. The summed E-state index contributed by atoms with van der Waals surface area (Å²) < 4.78 is 11.2. The van der Waals surface area contributed by atoms with Crippen LogP contribution in [0.25, 0.3) is 11.1 Å². The molecule has 0 aliphatic rings. The monoisotopic (exact) mass is 368 g/mol. The van der Waals surface area contributed by atoms with Crippen molar-refractivity contribution in [3.8, 4) is 16.9 Å². The van der Waals surface area contributed by atoms with Crippen LogP contribution in [-0.4, -0.2) is 18.7 Å². The highest BCUT2D eigenvalue weighted by atomic mass is 16.5. The number of hydrogen-bond acceptors (Lipinski definition) is 3. The fourth-order valence-corrected chi connectivity index (χ4v) is 2.87. The van der Waals surface area contributed by atoms with Gasteiger partial charge in [0, 0.05) is 0 Å². The summed E-state index contributed by atoms with van der Waals surface area (Å²) >= 11 is 0. The van der Waals surface area contributed by atoms with Gasteiger partial charge in [0.2, 0.25) is 0 Å². The standard InChI is InChI=1S/C24H32O3/c1-4-6-8-9-19(3)27-24(25)22-12-10-20(11-13-22)21-14-16-23(17-15-21)26-18-7-5-2/h10-17,19H,4-9,18H2,1-3H3. The SMILES string of the molecule is CCCCCC(C)OC(=O)c1ccc(-c2ccc(OCCCC)cc2)cc1. The van der Waals surface area contributed by atoms with Crippen LogP contribution in [0.3, 0.4) is 0 Å². The highest BCUT2D eigenvalue weighted by molar-refractivity contribution is 5.90. The maximum Gasteiger partial charge on any atom is 0.338 e. The Labute approximate surface area is 163 Å². The molecule has 3 heteroatoms.